The topological polar surface area (TPSA) is 17.1 Å². The van der Waals surface area contributed by atoms with Gasteiger partial charge in [-0.3, -0.25) is 4.79 Å². The molecule has 1 nitrogen and oxygen atoms in total. The van der Waals surface area contributed by atoms with E-state index in [2.05, 4.69) is 0 Å². The number of benzene rings is 1. The number of hydrogen-bond acceptors (Lipinski definition) is 1. The molecule has 0 aliphatic heterocycles. The normalized spacial score (nSPS) is 9.92. The van der Waals surface area contributed by atoms with Gasteiger partial charge < -0.3 is 0 Å². The smallest absolute Gasteiger partial charge is 0.196 e. The minimum absolute atomic E-state index is 0.0891. The molecule has 64 valence electrons. The monoisotopic (exact) mass is 298 g/mol. The van der Waals surface area contributed by atoms with Crippen molar-refractivity contribution in [2.24, 2.45) is 0 Å². The Balaban J connectivity index is 2.93. The summed E-state index contributed by atoms with van der Waals surface area (Å²) in [4.78, 5) is 10.6. The SMILES string of the molecule is O=C(I)Cc1ccc(Cl)cc1F. The van der Waals surface area contributed by atoms with Gasteiger partial charge in [-0.2, -0.15) is 0 Å². The quantitative estimate of drug-likeness (QED) is 0.606. The van der Waals surface area contributed by atoms with Gasteiger partial charge in [0.25, 0.3) is 0 Å². The van der Waals surface area contributed by atoms with Gasteiger partial charge in [0.15, 0.2) is 3.79 Å². The fraction of sp³-hybridized carbons (Fsp3) is 0.125. The zero-order chi connectivity index (χ0) is 9.14. The maximum Gasteiger partial charge on any atom is 0.196 e. The fourth-order valence-electron chi connectivity index (χ4n) is 0.815. The van der Waals surface area contributed by atoms with E-state index in [0.29, 0.717) is 10.6 Å². The Morgan fingerprint density at radius 2 is 2.25 bits per heavy atom. The van der Waals surface area contributed by atoms with Crippen LogP contribution < -0.4 is 0 Å². The van der Waals surface area contributed by atoms with E-state index in [9.17, 15) is 9.18 Å². The van der Waals surface area contributed by atoms with Gasteiger partial charge in [0.2, 0.25) is 0 Å². The van der Waals surface area contributed by atoms with Crippen LogP contribution in [0.25, 0.3) is 0 Å². The Morgan fingerprint density at radius 3 is 2.75 bits per heavy atom. The zero-order valence-corrected chi connectivity index (χ0v) is 8.89. The van der Waals surface area contributed by atoms with Crippen molar-refractivity contribution >= 4 is 38.0 Å². The minimum atomic E-state index is -0.424. The number of carbonyl (C=O) groups is 1. The average Bonchev–Trinajstić information content (AvgIpc) is 1.94. The number of rotatable bonds is 2. The van der Waals surface area contributed by atoms with E-state index >= 15 is 0 Å². The van der Waals surface area contributed by atoms with Gasteiger partial charge in [-0.05, 0) is 40.3 Å². The Labute approximate surface area is 88.1 Å². The second-order valence-electron chi connectivity index (χ2n) is 2.27. The summed E-state index contributed by atoms with van der Waals surface area (Å²) in [5, 5.41) is 0.345. The molecule has 0 radical (unpaired) electrons. The molecule has 4 heteroatoms. The second-order valence-corrected chi connectivity index (χ2v) is 3.91. The van der Waals surface area contributed by atoms with Gasteiger partial charge in [0.1, 0.15) is 5.82 Å². The van der Waals surface area contributed by atoms with Crippen molar-refractivity contribution in [1.82, 2.24) is 0 Å². The van der Waals surface area contributed by atoms with Gasteiger partial charge in [-0.25, -0.2) is 4.39 Å². The number of carbonyl (C=O) groups excluding carboxylic acids is 1. The van der Waals surface area contributed by atoms with Crippen LogP contribution in [-0.4, -0.2) is 3.79 Å². The molecular formula is C8H5ClFIO. The van der Waals surface area contributed by atoms with E-state index in [1.54, 1.807) is 28.7 Å². The summed E-state index contributed by atoms with van der Waals surface area (Å²) in [5.41, 5.74) is 0.388. The molecule has 1 aromatic rings. The Morgan fingerprint density at radius 1 is 1.58 bits per heavy atom. The highest BCUT2D eigenvalue weighted by Crippen LogP contribution is 2.15. The van der Waals surface area contributed by atoms with E-state index < -0.39 is 5.82 Å². The van der Waals surface area contributed by atoms with Crippen molar-refractivity contribution in [1.29, 1.82) is 0 Å². The van der Waals surface area contributed by atoms with Crippen LogP contribution in [-0.2, 0) is 11.2 Å². The number of halogens is 3. The van der Waals surface area contributed by atoms with E-state index in [4.69, 9.17) is 11.6 Å². The third-order valence-electron chi connectivity index (χ3n) is 1.34. The van der Waals surface area contributed by atoms with Crippen LogP contribution in [0.1, 0.15) is 5.56 Å². The van der Waals surface area contributed by atoms with Crippen molar-refractivity contribution in [3.8, 4) is 0 Å². The standard InChI is InChI=1S/C8H5ClFIO/c9-6-2-1-5(3-8(11)12)7(10)4-6/h1-2,4H,3H2. The molecule has 0 saturated heterocycles. The van der Waals surface area contributed by atoms with Crippen LogP contribution in [0.2, 0.25) is 5.02 Å². The molecule has 0 bridgehead atoms. The van der Waals surface area contributed by atoms with Crippen LogP contribution >= 0.6 is 34.2 Å². The fourth-order valence-corrected chi connectivity index (χ4v) is 1.38. The third-order valence-corrected chi connectivity index (χ3v) is 1.96. The Hall–Kier alpha value is -0.160. The summed E-state index contributed by atoms with van der Waals surface area (Å²) < 4.78 is 12.9. The van der Waals surface area contributed by atoms with E-state index in [-0.39, 0.29) is 10.2 Å². The maximum atomic E-state index is 13.0. The first kappa shape index (κ1) is 9.92. The average molecular weight is 298 g/mol. The molecule has 0 aliphatic rings. The summed E-state index contributed by atoms with van der Waals surface area (Å²) in [7, 11) is 0. The molecule has 0 fully saturated rings. The number of hydrogen-bond donors (Lipinski definition) is 0. The molecule has 0 saturated carbocycles. The molecule has 1 rings (SSSR count). The van der Waals surface area contributed by atoms with Crippen LogP contribution in [0.3, 0.4) is 0 Å². The first-order valence-electron chi connectivity index (χ1n) is 3.22. The predicted octanol–water partition coefficient (Wildman–Crippen LogP) is 2.98. The highest BCUT2D eigenvalue weighted by molar-refractivity contribution is 14.1. The lowest BCUT2D eigenvalue weighted by molar-refractivity contribution is -0.108. The van der Waals surface area contributed by atoms with E-state index in [1.807, 2.05) is 0 Å². The molecule has 1 aromatic carbocycles. The summed E-state index contributed by atoms with van der Waals surface area (Å²) in [6.45, 7) is 0. The first-order chi connectivity index (χ1) is 5.59. The van der Waals surface area contributed by atoms with Crippen molar-refractivity contribution in [2.75, 3.05) is 0 Å². The predicted molar refractivity (Wildman–Crippen MR) is 54.1 cm³/mol. The van der Waals surface area contributed by atoms with Gasteiger partial charge >= 0.3 is 0 Å². The summed E-state index contributed by atoms with van der Waals surface area (Å²) in [5.74, 6) is -0.424. The molecule has 0 unspecified atom stereocenters. The van der Waals surface area contributed by atoms with Crippen LogP contribution in [0.4, 0.5) is 4.39 Å². The van der Waals surface area contributed by atoms with Crippen molar-refractivity contribution < 1.29 is 9.18 Å². The highest BCUT2D eigenvalue weighted by atomic mass is 127. The van der Waals surface area contributed by atoms with Gasteiger partial charge in [0, 0.05) is 11.4 Å². The minimum Gasteiger partial charge on any atom is -0.287 e. The molecule has 0 N–H and O–H groups in total. The Kier molecular flexibility index (Phi) is 3.46. The van der Waals surface area contributed by atoms with Crippen LogP contribution in [0.5, 0.6) is 0 Å². The van der Waals surface area contributed by atoms with E-state index in [0.717, 1.165) is 0 Å². The summed E-state index contributed by atoms with van der Waals surface area (Å²) in [6.07, 6.45) is 0.115. The lowest BCUT2D eigenvalue weighted by Crippen LogP contribution is -1.95. The van der Waals surface area contributed by atoms with Crippen molar-refractivity contribution in [3.63, 3.8) is 0 Å². The van der Waals surface area contributed by atoms with Crippen molar-refractivity contribution in [2.45, 2.75) is 6.42 Å². The molecule has 0 aliphatic carbocycles. The highest BCUT2D eigenvalue weighted by Gasteiger charge is 2.05. The first-order valence-corrected chi connectivity index (χ1v) is 4.67. The zero-order valence-electron chi connectivity index (χ0n) is 5.98. The summed E-state index contributed by atoms with van der Waals surface area (Å²) >= 11 is 7.16. The lowest BCUT2D eigenvalue weighted by atomic mass is 10.1. The van der Waals surface area contributed by atoms with Gasteiger partial charge in [-0.15, -0.1) is 0 Å². The maximum absolute atomic E-state index is 13.0. The van der Waals surface area contributed by atoms with Gasteiger partial charge in [0.05, 0.1) is 0 Å². The lowest BCUT2D eigenvalue weighted by Gasteiger charge is -1.98. The largest absolute Gasteiger partial charge is 0.287 e. The molecule has 0 spiro atoms. The second kappa shape index (κ2) is 4.18. The van der Waals surface area contributed by atoms with Gasteiger partial charge in [-0.1, -0.05) is 17.7 Å². The molecule has 12 heavy (non-hydrogen) atoms. The molecule has 0 heterocycles. The van der Waals surface area contributed by atoms with E-state index in [1.165, 1.54) is 12.1 Å². The third kappa shape index (κ3) is 2.71. The Bertz CT molecular complexity index is 314. The van der Waals surface area contributed by atoms with Crippen LogP contribution in [0, 0.1) is 5.82 Å². The molecule has 0 amide bonds. The molecule has 0 atom stereocenters. The van der Waals surface area contributed by atoms with Crippen LogP contribution in [0.15, 0.2) is 18.2 Å². The molecular weight excluding hydrogens is 293 g/mol. The molecule has 0 aromatic heterocycles. The van der Waals surface area contributed by atoms with Crippen molar-refractivity contribution in [3.05, 3.63) is 34.6 Å². The summed E-state index contributed by atoms with van der Waals surface area (Å²) in [6, 6.07) is 4.30.